The zero-order valence-corrected chi connectivity index (χ0v) is 8.72. The van der Waals surface area contributed by atoms with Gasteiger partial charge >= 0.3 is 0 Å². The number of hydrogen-bond acceptors (Lipinski definition) is 4. The monoisotopic (exact) mass is 198 g/mol. The number of likely N-dealkylation sites (N-methyl/N-ethyl adjacent to an activating group) is 1. The number of nitrogens with zero attached hydrogens (tertiary/aromatic N) is 3. The molecule has 0 radical (unpaired) electrons. The molecule has 0 bridgehead atoms. The van der Waals surface area contributed by atoms with E-state index in [4.69, 9.17) is 10.8 Å². The summed E-state index contributed by atoms with van der Waals surface area (Å²) in [6, 6.07) is 0.00620. The van der Waals surface area contributed by atoms with E-state index in [-0.39, 0.29) is 12.6 Å². The fraction of sp³-hybridized carbons (Fsp3) is 0.667. The highest BCUT2D eigenvalue weighted by atomic mass is 16.3. The van der Waals surface area contributed by atoms with Crippen LogP contribution in [0.1, 0.15) is 5.82 Å². The van der Waals surface area contributed by atoms with Crippen molar-refractivity contribution in [2.75, 3.05) is 20.2 Å². The molecule has 0 aliphatic rings. The van der Waals surface area contributed by atoms with Gasteiger partial charge in [0.15, 0.2) is 0 Å². The van der Waals surface area contributed by atoms with Crippen molar-refractivity contribution in [1.82, 2.24) is 14.5 Å². The Balaban J connectivity index is 2.56. The second kappa shape index (κ2) is 5.09. The highest BCUT2D eigenvalue weighted by Crippen LogP contribution is 2.02. The van der Waals surface area contributed by atoms with Gasteiger partial charge in [-0.05, 0) is 7.05 Å². The lowest BCUT2D eigenvalue weighted by Gasteiger charge is -2.24. The lowest BCUT2D eigenvalue weighted by molar-refractivity contribution is 0.143. The maximum absolute atomic E-state index is 9.05. The summed E-state index contributed by atoms with van der Waals surface area (Å²) in [6.07, 6.45) is 3.67. The lowest BCUT2D eigenvalue weighted by atomic mass is 10.3. The van der Waals surface area contributed by atoms with Crippen LogP contribution in [0.15, 0.2) is 12.4 Å². The molecule has 5 nitrogen and oxygen atoms in total. The van der Waals surface area contributed by atoms with Gasteiger partial charge < -0.3 is 15.4 Å². The van der Waals surface area contributed by atoms with Crippen molar-refractivity contribution in [1.29, 1.82) is 0 Å². The molecule has 0 aromatic carbocycles. The molecule has 80 valence electrons. The average molecular weight is 198 g/mol. The zero-order valence-electron chi connectivity index (χ0n) is 8.72. The summed E-state index contributed by atoms with van der Waals surface area (Å²) in [7, 11) is 3.88. The van der Waals surface area contributed by atoms with Gasteiger partial charge in [0.05, 0.1) is 13.2 Å². The van der Waals surface area contributed by atoms with Crippen LogP contribution in [0.5, 0.6) is 0 Å². The van der Waals surface area contributed by atoms with E-state index in [1.807, 2.05) is 29.8 Å². The molecule has 0 fully saturated rings. The molecule has 0 saturated carbocycles. The Kier molecular flexibility index (Phi) is 4.06. The van der Waals surface area contributed by atoms with E-state index < -0.39 is 0 Å². The van der Waals surface area contributed by atoms with E-state index in [0.717, 1.165) is 5.82 Å². The SMILES string of the molecule is CN(Cc1nccn1C)C(CN)CO. The molecule has 0 saturated heterocycles. The molecular formula is C9H18N4O. The van der Waals surface area contributed by atoms with E-state index in [9.17, 15) is 0 Å². The van der Waals surface area contributed by atoms with E-state index in [1.54, 1.807) is 6.20 Å². The zero-order chi connectivity index (χ0) is 10.6. The average Bonchev–Trinajstić information content (AvgIpc) is 2.54. The van der Waals surface area contributed by atoms with Gasteiger partial charge in [0, 0.05) is 32.0 Å². The van der Waals surface area contributed by atoms with Gasteiger partial charge in [-0.25, -0.2) is 4.98 Å². The summed E-state index contributed by atoms with van der Waals surface area (Å²) in [4.78, 5) is 6.21. The number of aryl methyl sites for hydroxylation is 1. The van der Waals surface area contributed by atoms with Crippen LogP contribution in [0.3, 0.4) is 0 Å². The summed E-state index contributed by atoms with van der Waals surface area (Å²) in [5, 5.41) is 9.05. The van der Waals surface area contributed by atoms with Crippen molar-refractivity contribution >= 4 is 0 Å². The van der Waals surface area contributed by atoms with Gasteiger partial charge in [-0.3, -0.25) is 4.90 Å². The number of aliphatic hydroxyl groups is 1. The number of hydrogen-bond donors (Lipinski definition) is 2. The summed E-state index contributed by atoms with van der Waals surface area (Å²) in [5.41, 5.74) is 5.52. The molecule has 3 N–H and O–H groups in total. The van der Waals surface area contributed by atoms with E-state index in [1.165, 1.54) is 0 Å². The minimum atomic E-state index is 0.00620. The first-order valence-corrected chi connectivity index (χ1v) is 4.66. The van der Waals surface area contributed by atoms with Gasteiger partial charge in [-0.2, -0.15) is 0 Å². The van der Waals surface area contributed by atoms with Crippen LogP contribution < -0.4 is 5.73 Å². The van der Waals surface area contributed by atoms with Crippen molar-refractivity contribution in [3.8, 4) is 0 Å². The molecule has 5 heteroatoms. The van der Waals surface area contributed by atoms with Crippen molar-refractivity contribution in [3.05, 3.63) is 18.2 Å². The standard InChI is InChI=1S/C9H18N4O/c1-12-4-3-11-9(12)6-13(2)8(5-10)7-14/h3-4,8,14H,5-7,10H2,1-2H3. The van der Waals surface area contributed by atoms with Gasteiger partial charge in [-0.15, -0.1) is 0 Å². The van der Waals surface area contributed by atoms with Gasteiger partial charge in [0.1, 0.15) is 5.82 Å². The lowest BCUT2D eigenvalue weighted by Crippen LogP contribution is -2.40. The second-order valence-electron chi connectivity index (χ2n) is 3.44. The Morgan fingerprint density at radius 3 is 2.86 bits per heavy atom. The van der Waals surface area contributed by atoms with E-state index in [0.29, 0.717) is 13.1 Å². The van der Waals surface area contributed by atoms with Crippen LogP contribution in [-0.2, 0) is 13.6 Å². The third kappa shape index (κ3) is 2.54. The highest BCUT2D eigenvalue weighted by molar-refractivity contribution is 4.91. The molecule has 1 aromatic rings. The molecule has 0 spiro atoms. The van der Waals surface area contributed by atoms with Gasteiger partial charge in [0.25, 0.3) is 0 Å². The number of aromatic nitrogens is 2. The summed E-state index contributed by atoms with van der Waals surface area (Å²) in [6.45, 7) is 1.24. The smallest absolute Gasteiger partial charge is 0.122 e. The molecule has 1 aromatic heterocycles. The third-order valence-corrected chi connectivity index (χ3v) is 2.42. The van der Waals surface area contributed by atoms with Crippen LogP contribution in [0.4, 0.5) is 0 Å². The van der Waals surface area contributed by atoms with Crippen molar-refractivity contribution in [2.24, 2.45) is 12.8 Å². The third-order valence-electron chi connectivity index (χ3n) is 2.42. The van der Waals surface area contributed by atoms with Crippen LogP contribution in [0, 0.1) is 0 Å². The molecule has 1 rings (SSSR count). The number of imidazole rings is 1. The first kappa shape index (κ1) is 11.2. The van der Waals surface area contributed by atoms with E-state index in [2.05, 4.69) is 4.98 Å². The molecule has 1 atom stereocenters. The molecule has 1 unspecified atom stereocenters. The molecule has 0 aliphatic heterocycles. The Bertz CT molecular complexity index is 270. The molecular weight excluding hydrogens is 180 g/mol. The predicted molar refractivity (Wildman–Crippen MR) is 54.6 cm³/mol. The fourth-order valence-electron chi connectivity index (χ4n) is 1.29. The number of aliphatic hydroxyl groups excluding tert-OH is 1. The van der Waals surface area contributed by atoms with E-state index >= 15 is 0 Å². The maximum atomic E-state index is 9.05. The Labute approximate surface area is 84.2 Å². The molecule has 1 heterocycles. The maximum Gasteiger partial charge on any atom is 0.122 e. The number of rotatable bonds is 5. The summed E-state index contributed by atoms with van der Waals surface area (Å²) < 4.78 is 1.96. The van der Waals surface area contributed by atoms with Crippen LogP contribution in [-0.4, -0.2) is 45.8 Å². The van der Waals surface area contributed by atoms with Gasteiger partial charge in [-0.1, -0.05) is 0 Å². The molecule has 14 heavy (non-hydrogen) atoms. The minimum Gasteiger partial charge on any atom is -0.395 e. The van der Waals surface area contributed by atoms with Crippen molar-refractivity contribution in [2.45, 2.75) is 12.6 Å². The van der Waals surface area contributed by atoms with Crippen molar-refractivity contribution < 1.29 is 5.11 Å². The van der Waals surface area contributed by atoms with Crippen LogP contribution in [0.25, 0.3) is 0 Å². The fourth-order valence-corrected chi connectivity index (χ4v) is 1.29. The predicted octanol–water partition coefficient (Wildman–Crippen LogP) is -0.828. The molecule has 0 amide bonds. The normalized spacial score (nSPS) is 13.5. The first-order chi connectivity index (χ1) is 6.69. The van der Waals surface area contributed by atoms with Crippen LogP contribution >= 0.6 is 0 Å². The first-order valence-electron chi connectivity index (χ1n) is 4.66. The summed E-state index contributed by atoms with van der Waals surface area (Å²) >= 11 is 0. The number of nitrogens with two attached hydrogens (primary N) is 1. The minimum absolute atomic E-state index is 0.00620. The second-order valence-corrected chi connectivity index (χ2v) is 3.44. The van der Waals surface area contributed by atoms with Crippen molar-refractivity contribution in [3.63, 3.8) is 0 Å². The largest absolute Gasteiger partial charge is 0.395 e. The Morgan fingerprint density at radius 2 is 2.43 bits per heavy atom. The summed E-state index contributed by atoms with van der Waals surface area (Å²) in [5.74, 6) is 0.972. The quantitative estimate of drug-likeness (QED) is 0.648. The Hall–Kier alpha value is -0.910. The van der Waals surface area contributed by atoms with Crippen LogP contribution in [0.2, 0.25) is 0 Å². The topological polar surface area (TPSA) is 67.3 Å². The highest BCUT2D eigenvalue weighted by Gasteiger charge is 2.13. The Morgan fingerprint density at radius 1 is 1.71 bits per heavy atom. The van der Waals surface area contributed by atoms with Gasteiger partial charge in [0.2, 0.25) is 0 Å². The molecule has 0 aliphatic carbocycles.